The van der Waals surface area contributed by atoms with Crippen LogP contribution >= 0.6 is 0 Å². The van der Waals surface area contributed by atoms with Crippen molar-refractivity contribution in [1.82, 2.24) is 24.5 Å². The van der Waals surface area contributed by atoms with Gasteiger partial charge in [-0.15, -0.1) is 0 Å². The molecule has 1 atom stereocenters. The fourth-order valence-corrected chi connectivity index (χ4v) is 3.25. The zero-order chi connectivity index (χ0) is 18.1. The molecule has 3 aromatic heterocycles. The molecule has 26 heavy (non-hydrogen) atoms. The van der Waals surface area contributed by atoms with E-state index in [1.54, 1.807) is 12.4 Å². The SMILES string of the molecule is CC(C)n1cnc2cnc(Nc3ccnc(N4CCCC(O)C4)n3)cc21. The van der Waals surface area contributed by atoms with Crippen LogP contribution in [0.5, 0.6) is 0 Å². The van der Waals surface area contributed by atoms with Crippen LogP contribution in [0.25, 0.3) is 11.0 Å². The van der Waals surface area contributed by atoms with E-state index in [0.717, 1.165) is 30.4 Å². The van der Waals surface area contributed by atoms with Crippen molar-refractivity contribution in [3.05, 3.63) is 30.9 Å². The fourth-order valence-electron chi connectivity index (χ4n) is 3.25. The topological polar surface area (TPSA) is 92.0 Å². The zero-order valence-electron chi connectivity index (χ0n) is 15.0. The Morgan fingerprint density at radius 2 is 2.12 bits per heavy atom. The molecule has 0 bridgehead atoms. The zero-order valence-corrected chi connectivity index (χ0v) is 15.0. The first-order chi connectivity index (χ1) is 12.6. The van der Waals surface area contributed by atoms with Crippen molar-refractivity contribution in [1.29, 1.82) is 0 Å². The van der Waals surface area contributed by atoms with Gasteiger partial charge in [0.1, 0.15) is 17.2 Å². The first-order valence-corrected chi connectivity index (χ1v) is 8.96. The Balaban J connectivity index is 1.58. The van der Waals surface area contributed by atoms with Crippen LogP contribution in [0.1, 0.15) is 32.7 Å². The third-order valence-corrected chi connectivity index (χ3v) is 4.60. The average molecular weight is 353 g/mol. The van der Waals surface area contributed by atoms with Gasteiger partial charge in [0.15, 0.2) is 0 Å². The molecule has 1 aliphatic rings. The molecule has 4 rings (SSSR count). The number of anilines is 3. The first kappa shape index (κ1) is 16.7. The quantitative estimate of drug-likeness (QED) is 0.744. The van der Waals surface area contributed by atoms with Crippen LogP contribution in [0.4, 0.5) is 17.6 Å². The number of rotatable bonds is 4. The van der Waals surface area contributed by atoms with Crippen LogP contribution in [0.15, 0.2) is 30.9 Å². The summed E-state index contributed by atoms with van der Waals surface area (Å²) in [5, 5.41) is 13.1. The Morgan fingerprint density at radius 1 is 1.23 bits per heavy atom. The normalized spacial score (nSPS) is 17.8. The highest BCUT2D eigenvalue weighted by atomic mass is 16.3. The number of pyridine rings is 1. The van der Waals surface area contributed by atoms with Gasteiger partial charge >= 0.3 is 0 Å². The number of nitrogens with one attached hydrogen (secondary N) is 1. The molecular weight excluding hydrogens is 330 g/mol. The number of aromatic nitrogens is 5. The van der Waals surface area contributed by atoms with E-state index in [4.69, 9.17) is 0 Å². The minimum Gasteiger partial charge on any atom is -0.391 e. The van der Waals surface area contributed by atoms with Crippen LogP contribution < -0.4 is 10.2 Å². The molecule has 8 heteroatoms. The molecule has 2 N–H and O–H groups in total. The molecule has 0 radical (unpaired) electrons. The van der Waals surface area contributed by atoms with Gasteiger partial charge in [-0.1, -0.05) is 0 Å². The Labute approximate surface area is 151 Å². The van der Waals surface area contributed by atoms with Crippen molar-refractivity contribution in [3.8, 4) is 0 Å². The van der Waals surface area contributed by atoms with E-state index in [1.165, 1.54) is 0 Å². The number of β-amino-alcohol motifs (C(OH)–C–C–N with tert-alkyl or cyclic N) is 1. The number of imidazole rings is 1. The lowest BCUT2D eigenvalue weighted by Gasteiger charge is -2.30. The van der Waals surface area contributed by atoms with E-state index in [2.05, 4.69) is 43.7 Å². The van der Waals surface area contributed by atoms with Crippen molar-refractivity contribution in [2.24, 2.45) is 0 Å². The molecule has 1 fully saturated rings. The van der Waals surface area contributed by atoms with Gasteiger partial charge in [0, 0.05) is 31.4 Å². The Morgan fingerprint density at radius 3 is 2.92 bits per heavy atom. The number of hydrogen-bond donors (Lipinski definition) is 2. The summed E-state index contributed by atoms with van der Waals surface area (Å²) in [6.45, 7) is 5.68. The second-order valence-corrected chi connectivity index (χ2v) is 6.91. The Bertz CT molecular complexity index is 907. The van der Waals surface area contributed by atoms with Crippen molar-refractivity contribution in [2.45, 2.75) is 38.8 Å². The largest absolute Gasteiger partial charge is 0.391 e. The number of nitrogens with zero attached hydrogens (tertiary/aromatic N) is 6. The predicted molar refractivity (Wildman–Crippen MR) is 101 cm³/mol. The molecular formula is C18H23N7O. The molecule has 1 saturated heterocycles. The summed E-state index contributed by atoms with van der Waals surface area (Å²) in [4.78, 5) is 19.8. The maximum Gasteiger partial charge on any atom is 0.227 e. The molecule has 3 aromatic rings. The van der Waals surface area contributed by atoms with Crippen LogP contribution in [-0.4, -0.2) is 48.8 Å². The summed E-state index contributed by atoms with van der Waals surface area (Å²) in [5.74, 6) is 2.02. The van der Waals surface area contributed by atoms with Gasteiger partial charge in [0.25, 0.3) is 0 Å². The molecule has 1 unspecified atom stereocenters. The molecule has 0 amide bonds. The smallest absolute Gasteiger partial charge is 0.227 e. The van der Waals surface area contributed by atoms with E-state index in [-0.39, 0.29) is 6.10 Å². The molecule has 0 aromatic carbocycles. The average Bonchev–Trinajstić information content (AvgIpc) is 3.05. The number of hydrogen-bond acceptors (Lipinski definition) is 7. The molecule has 0 spiro atoms. The number of piperidine rings is 1. The van der Waals surface area contributed by atoms with E-state index in [0.29, 0.717) is 30.2 Å². The van der Waals surface area contributed by atoms with Gasteiger partial charge < -0.3 is 19.9 Å². The lowest BCUT2D eigenvalue weighted by atomic mass is 10.1. The summed E-state index contributed by atoms with van der Waals surface area (Å²) in [6, 6.07) is 4.12. The van der Waals surface area contributed by atoms with E-state index in [9.17, 15) is 5.11 Å². The summed E-state index contributed by atoms with van der Waals surface area (Å²) >= 11 is 0. The summed E-state index contributed by atoms with van der Waals surface area (Å²) < 4.78 is 2.11. The molecule has 1 aliphatic heterocycles. The standard InChI is InChI=1S/C18H23N7O/c1-12(2)25-11-21-14-9-20-17(8-15(14)25)22-16-5-6-19-18(23-16)24-7-3-4-13(26)10-24/h5-6,8-9,11-13,26H,3-4,7,10H2,1-2H3,(H,19,20,22,23). The van der Waals surface area contributed by atoms with Crippen LogP contribution in [0, 0.1) is 0 Å². The third-order valence-electron chi connectivity index (χ3n) is 4.60. The number of aliphatic hydroxyl groups excluding tert-OH is 1. The molecule has 136 valence electrons. The maximum absolute atomic E-state index is 9.87. The molecule has 0 aliphatic carbocycles. The van der Waals surface area contributed by atoms with Gasteiger partial charge in [-0.05, 0) is 32.8 Å². The fraction of sp³-hybridized carbons (Fsp3) is 0.444. The summed E-state index contributed by atoms with van der Waals surface area (Å²) in [7, 11) is 0. The molecule has 0 saturated carbocycles. The monoisotopic (exact) mass is 353 g/mol. The second kappa shape index (κ2) is 6.87. The minimum atomic E-state index is -0.315. The van der Waals surface area contributed by atoms with Crippen LogP contribution in [0.2, 0.25) is 0 Å². The predicted octanol–water partition coefficient (Wildman–Crippen LogP) is 2.51. The summed E-state index contributed by atoms with van der Waals surface area (Å²) in [6.07, 6.45) is 6.79. The Hall–Kier alpha value is -2.74. The molecule has 8 nitrogen and oxygen atoms in total. The second-order valence-electron chi connectivity index (χ2n) is 6.91. The van der Waals surface area contributed by atoms with Gasteiger partial charge in [-0.3, -0.25) is 0 Å². The van der Waals surface area contributed by atoms with Crippen LogP contribution in [0.3, 0.4) is 0 Å². The van der Waals surface area contributed by atoms with Crippen molar-refractivity contribution < 1.29 is 5.11 Å². The van der Waals surface area contributed by atoms with E-state index < -0.39 is 0 Å². The number of aliphatic hydroxyl groups is 1. The Kier molecular flexibility index (Phi) is 4.42. The highest BCUT2D eigenvalue weighted by Gasteiger charge is 2.20. The van der Waals surface area contributed by atoms with Crippen molar-refractivity contribution >= 4 is 28.6 Å². The van der Waals surface area contributed by atoms with Gasteiger partial charge in [-0.2, -0.15) is 4.98 Å². The highest BCUT2D eigenvalue weighted by molar-refractivity contribution is 5.78. The van der Waals surface area contributed by atoms with Crippen LogP contribution in [-0.2, 0) is 0 Å². The van der Waals surface area contributed by atoms with E-state index >= 15 is 0 Å². The van der Waals surface area contributed by atoms with E-state index in [1.807, 2.05) is 23.4 Å². The van der Waals surface area contributed by atoms with Gasteiger partial charge in [0.2, 0.25) is 5.95 Å². The van der Waals surface area contributed by atoms with Gasteiger partial charge in [0.05, 0.1) is 24.1 Å². The third kappa shape index (κ3) is 3.32. The van der Waals surface area contributed by atoms with Crippen molar-refractivity contribution in [3.63, 3.8) is 0 Å². The first-order valence-electron chi connectivity index (χ1n) is 8.96. The lowest BCUT2D eigenvalue weighted by molar-refractivity contribution is 0.153. The van der Waals surface area contributed by atoms with Gasteiger partial charge in [-0.25, -0.2) is 15.0 Å². The minimum absolute atomic E-state index is 0.315. The maximum atomic E-state index is 9.87. The van der Waals surface area contributed by atoms with Crippen molar-refractivity contribution in [2.75, 3.05) is 23.3 Å². The lowest BCUT2D eigenvalue weighted by Crippen LogP contribution is -2.39. The number of fused-ring (bicyclic) bond motifs is 1. The highest BCUT2D eigenvalue weighted by Crippen LogP contribution is 2.22. The molecule has 4 heterocycles. The summed E-state index contributed by atoms with van der Waals surface area (Å²) in [5.41, 5.74) is 1.90.